The molecule has 0 aliphatic carbocycles. The summed E-state index contributed by atoms with van der Waals surface area (Å²) in [7, 11) is -9.52. The van der Waals surface area contributed by atoms with Gasteiger partial charge < -0.3 is 15.5 Å². The number of rotatable bonds is 13. The number of nitrogens with zero attached hydrogens (tertiary/aromatic N) is 6. The number of aliphatic carboxylic acids is 1. The molecule has 0 atom stereocenters. The van der Waals surface area contributed by atoms with Crippen molar-refractivity contribution in [2.24, 2.45) is 30.7 Å². The van der Waals surface area contributed by atoms with Gasteiger partial charge in [0, 0.05) is 28.5 Å². The molecule has 0 heterocycles. The van der Waals surface area contributed by atoms with Crippen molar-refractivity contribution in [1.29, 1.82) is 0 Å². The minimum absolute atomic E-state index is 0.294. The molecular formula is C40H37N7O9S2. The minimum atomic E-state index is -4.83. The summed E-state index contributed by atoms with van der Waals surface area (Å²) in [6.07, 6.45) is 4.15. The smallest absolute Gasteiger partial charge is 0.331 e. The first-order valence-corrected chi connectivity index (χ1v) is 20.0. The first-order chi connectivity index (χ1) is 27.3. The molecular weight excluding hydrogens is 787 g/mol. The molecule has 5 aromatic carbocycles. The lowest BCUT2D eigenvalue weighted by Crippen LogP contribution is -2.03. The zero-order chi connectivity index (χ0) is 42.4. The summed E-state index contributed by atoms with van der Waals surface area (Å²) in [5, 5.41) is 49.2. The molecule has 0 spiro atoms. The molecule has 298 valence electrons. The summed E-state index contributed by atoms with van der Waals surface area (Å²) in [4.78, 5) is 9.79. The number of hydrogen-bond donors (Lipinski definition) is 5. The molecule has 5 aromatic rings. The number of allylic oxidation sites excluding steroid dienone is 3. The van der Waals surface area contributed by atoms with E-state index >= 15 is 0 Å². The number of fused-ring (bicyclic) bond motifs is 1. The number of carboxylic acid groups (broad SMARTS) is 1. The maximum Gasteiger partial charge on any atom is 0.331 e. The number of hydrogen-bond acceptors (Lipinski definition) is 13. The van der Waals surface area contributed by atoms with E-state index in [-0.39, 0.29) is 5.57 Å². The van der Waals surface area contributed by atoms with E-state index in [0.717, 1.165) is 17.8 Å². The Bertz CT molecular complexity index is 2850. The molecule has 0 bridgehead atoms. The highest BCUT2D eigenvalue weighted by Crippen LogP contribution is 2.43. The number of phenols is 1. The van der Waals surface area contributed by atoms with Crippen molar-refractivity contribution in [3.8, 4) is 5.75 Å². The number of aromatic hydroxyl groups is 1. The van der Waals surface area contributed by atoms with Crippen LogP contribution in [0.15, 0.2) is 149 Å². The topological polar surface area (TPSA) is 252 Å². The third kappa shape index (κ3) is 10.6. The fraction of sp³-hybridized carbons (Fsp3) is 0.125. The van der Waals surface area contributed by atoms with Crippen LogP contribution in [0.25, 0.3) is 10.8 Å². The normalized spacial score (nSPS) is 13.2. The van der Waals surface area contributed by atoms with Gasteiger partial charge in [-0.05, 0) is 141 Å². The van der Waals surface area contributed by atoms with E-state index in [1.807, 2.05) is 30.3 Å². The van der Waals surface area contributed by atoms with Crippen LogP contribution in [0.1, 0.15) is 29.2 Å². The van der Waals surface area contributed by atoms with Crippen LogP contribution in [0.4, 0.5) is 39.8 Å². The molecule has 0 saturated heterocycles. The highest BCUT2D eigenvalue weighted by Gasteiger charge is 2.22. The van der Waals surface area contributed by atoms with Crippen molar-refractivity contribution >= 4 is 76.8 Å². The van der Waals surface area contributed by atoms with Crippen molar-refractivity contribution in [2.75, 3.05) is 5.32 Å². The van der Waals surface area contributed by atoms with Gasteiger partial charge in [0.25, 0.3) is 20.2 Å². The molecule has 5 N–H and O–H groups in total. The van der Waals surface area contributed by atoms with Crippen molar-refractivity contribution in [3.05, 3.63) is 136 Å². The lowest BCUT2D eigenvalue weighted by molar-refractivity contribution is -0.132. The van der Waals surface area contributed by atoms with Crippen molar-refractivity contribution in [2.45, 2.75) is 39.5 Å². The Hall–Kier alpha value is -6.73. The van der Waals surface area contributed by atoms with Gasteiger partial charge in [-0.25, -0.2) is 4.79 Å². The van der Waals surface area contributed by atoms with Gasteiger partial charge in [-0.1, -0.05) is 18.2 Å². The van der Waals surface area contributed by atoms with Crippen LogP contribution in [-0.2, 0) is 25.0 Å². The molecule has 18 heteroatoms. The van der Waals surface area contributed by atoms with Crippen molar-refractivity contribution in [3.63, 3.8) is 0 Å². The van der Waals surface area contributed by atoms with Crippen LogP contribution in [0.3, 0.4) is 0 Å². The van der Waals surface area contributed by atoms with Crippen molar-refractivity contribution in [1.82, 2.24) is 0 Å². The van der Waals surface area contributed by atoms with Crippen LogP contribution >= 0.6 is 0 Å². The fourth-order valence-electron chi connectivity index (χ4n) is 5.38. The second-order valence-electron chi connectivity index (χ2n) is 13.0. The Kier molecular flexibility index (Phi) is 12.9. The number of phenolic OH excluding ortho intramolecular Hbond substituents is 1. The minimum Gasteiger partial charge on any atom is -0.505 e. The van der Waals surface area contributed by atoms with Gasteiger partial charge in [0.05, 0.1) is 27.7 Å². The first kappa shape index (κ1) is 42.4. The quantitative estimate of drug-likeness (QED) is 0.0325. The van der Waals surface area contributed by atoms with Crippen LogP contribution in [-0.4, -0.2) is 42.1 Å². The molecule has 0 unspecified atom stereocenters. The van der Waals surface area contributed by atoms with E-state index in [4.69, 9.17) is 5.11 Å². The predicted molar refractivity (Wildman–Crippen MR) is 220 cm³/mol. The maximum absolute atomic E-state index is 12.5. The number of carboxylic acids is 1. The van der Waals surface area contributed by atoms with E-state index in [1.165, 1.54) is 25.3 Å². The molecule has 5 rings (SSSR count). The largest absolute Gasteiger partial charge is 0.505 e. The monoisotopic (exact) mass is 823 g/mol. The summed E-state index contributed by atoms with van der Waals surface area (Å²) in [6, 6.07) is 22.4. The average Bonchev–Trinajstić information content (AvgIpc) is 3.15. The standard InChI is InChI=1S/C40H37N7O9S2/c1-23-18-34(24(2)17-33(23)43-41-15-9-12-31(57(51,52)53)16-27(5)40(49)50)44-45-35-19-26(4)36(20-25(35)3)46-47-38-37(58(54,55)56)22-28-21-30(13-14-32(28)39(38)48)42-29-10-7-6-8-11-29/h6-22,42,48H,1-5H3,(H,49,50)(H,51,52,53)(H,54,55,56)/b15-9+,27-16+,31-12+,43-41?,45-44?,47-46?. The number of carbonyl (C=O) groups is 1. The summed E-state index contributed by atoms with van der Waals surface area (Å²) >= 11 is 0. The number of azo groups is 3. The molecule has 16 nitrogen and oxygen atoms in total. The highest BCUT2D eigenvalue weighted by molar-refractivity contribution is 7.90. The van der Waals surface area contributed by atoms with E-state index in [0.29, 0.717) is 61.5 Å². The highest BCUT2D eigenvalue weighted by atomic mass is 32.2. The summed E-state index contributed by atoms with van der Waals surface area (Å²) in [5.41, 5.74) is 5.28. The number of nitrogens with one attached hydrogen (secondary N) is 1. The molecule has 0 aliphatic rings. The lowest BCUT2D eigenvalue weighted by atomic mass is 10.1. The predicted octanol–water partition coefficient (Wildman–Crippen LogP) is 11.0. The summed E-state index contributed by atoms with van der Waals surface area (Å²) in [5.74, 6) is -1.82. The molecule has 0 aromatic heterocycles. The van der Waals surface area contributed by atoms with Gasteiger partial charge in [-0.3, -0.25) is 9.11 Å². The summed E-state index contributed by atoms with van der Waals surface area (Å²) in [6.45, 7) is 8.28. The zero-order valence-electron chi connectivity index (χ0n) is 31.6. The van der Waals surface area contributed by atoms with E-state index < -0.39 is 47.4 Å². The molecule has 0 radical (unpaired) electrons. The number of benzene rings is 5. The second-order valence-corrected chi connectivity index (χ2v) is 15.8. The third-order valence-corrected chi connectivity index (χ3v) is 10.2. The zero-order valence-corrected chi connectivity index (χ0v) is 33.3. The molecule has 0 amide bonds. The number of para-hydroxylation sites is 1. The van der Waals surface area contributed by atoms with Crippen LogP contribution in [0, 0.1) is 27.7 Å². The summed E-state index contributed by atoms with van der Waals surface area (Å²) < 4.78 is 67.6. The van der Waals surface area contributed by atoms with Gasteiger partial charge in [0.2, 0.25) is 0 Å². The Balaban J connectivity index is 1.36. The Morgan fingerprint density at radius 3 is 1.74 bits per heavy atom. The van der Waals surface area contributed by atoms with Gasteiger partial charge >= 0.3 is 5.97 Å². The maximum atomic E-state index is 12.5. The first-order valence-electron chi connectivity index (χ1n) is 17.1. The Labute approximate surface area is 333 Å². The fourth-order valence-corrected chi connectivity index (χ4v) is 6.61. The lowest BCUT2D eigenvalue weighted by Gasteiger charge is -2.12. The SMILES string of the molecule is C\C(=C/C(=C\C=C\N=Nc1cc(C)c(N=Nc2cc(C)c(N=Nc3c(S(=O)(=O)O)cc4cc(Nc5ccccc5)ccc4c3O)cc2C)cc1C)S(=O)(=O)O)C(=O)O. The van der Waals surface area contributed by atoms with E-state index in [2.05, 4.69) is 36.0 Å². The third-order valence-electron chi connectivity index (χ3n) is 8.52. The van der Waals surface area contributed by atoms with Crippen LogP contribution < -0.4 is 5.32 Å². The average molecular weight is 824 g/mol. The van der Waals surface area contributed by atoms with Crippen molar-refractivity contribution < 1.29 is 40.9 Å². The molecule has 0 fully saturated rings. The molecule has 0 aliphatic heterocycles. The second kappa shape index (κ2) is 17.6. The Morgan fingerprint density at radius 2 is 1.22 bits per heavy atom. The van der Waals surface area contributed by atoms with E-state index in [9.17, 15) is 35.8 Å². The van der Waals surface area contributed by atoms with Crippen LogP contribution in [0.5, 0.6) is 5.75 Å². The van der Waals surface area contributed by atoms with Crippen LogP contribution in [0.2, 0.25) is 0 Å². The van der Waals surface area contributed by atoms with Gasteiger partial charge in [0.15, 0.2) is 5.75 Å². The molecule has 0 saturated carbocycles. The number of anilines is 2. The Morgan fingerprint density at radius 1 is 0.690 bits per heavy atom. The number of aryl methyl sites for hydroxylation is 4. The van der Waals surface area contributed by atoms with Gasteiger partial charge in [-0.15, -0.1) is 5.11 Å². The molecule has 58 heavy (non-hydrogen) atoms. The van der Waals surface area contributed by atoms with Gasteiger partial charge in [-0.2, -0.15) is 42.4 Å². The van der Waals surface area contributed by atoms with E-state index in [1.54, 1.807) is 70.2 Å². The van der Waals surface area contributed by atoms with Gasteiger partial charge in [0.1, 0.15) is 10.6 Å².